The quantitative estimate of drug-likeness (QED) is 0.777. The van der Waals surface area contributed by atoms with Crippen molar-refractivity contribution >= 4 is 17.5 Å². The minimum Gasteiger partial charge on any atom is -0.497 e. The van der Waals surface area contributed by atoms with Crippen LogP contribution >= 0.6 is 0 Å². The van der Waals surface area contributed by atoms with Crippen LogP contribution in [0.5, 0.6) is 5.75 Å². The van der Waals surface area contributed by atoms with E-state index in [0.29, 0.717) is 12.2 Å². The normalized spacial score (nSPS) is 11.7. The van der Waals surface area contributed by atoms with Crippen LogP contribution in [0.25, 0.3) is 0 Å². The van der Waals surface area contributed by atoms with Crippen molar-refractivity contribution in [2.75, 3.05) is 39.6 Å². The van der Waals surface area contributed by atoms with Gasteiger partial charge < -0.3 is 15.0 Å². The highest BCUT2D eigenvalue weighted by molar-refractivity contribution is 5.93. The third-order valence-corrected chi connectivity index (χ3v) is 4.28. The first-order valence-corrected chi connectivity index (χ1v) is 8.90. The van der Waals surface area contributed by atoms with Crippen LogP contribution in [0.4, 0.5) is 5.69 Å². The second-order valence-electron chi connectivity index (χ2n) is 6.39. The van der Waals surface area contributed by atoms with Gasteiger partial charge in [-0.2, -0.15) is 0 Å². The molecule has 0 saturated heterocycles. The van der Waals surface area contributed by atoms with Crippen molar-refractivity contribution in [2.45, 2.75) is 13.0 Å². The third kappa shape index (κ3) is 5.56. The van der Waals surface area contributed by atoms with Gasteiger partial charge in [-0.25, -0.2) is 0 Å². The number of rotatable bonds is 8. The minimum atomic E-state index is -0.507. The molecule has 0 bridgehead atoms. The van der Waals surface area contributed by atoms with Gasteiger partial charge in [-0.05, 0) is 36.4 Å². The number of amides is 2. The van der Waals surface area contributed by atoms with E-state index in [-0.39, 0.29) is 18.4 Å². The molecule has 0 aromatic heterocycles. The maximum absolute atomic E-state index is 12.8. The van der Waals surface area contributed by atoms with Crippen LogP contribution in [-0.4, -0.2) is 55.9 Å². The largest absolute Gasteiger partial charge is 0.497 e. The number of nitrogens with zero attached hydrogens (tertiary/aromatic N) is 2. The van der Waals surface area contributed by atoms with Crippen molar-refractivity contribution in [1.29, 1.82) is 0 Å². The molecule has 0 spiro atoms. The predicted molar refractivity (Wildman–Crippen MR) is 107 cm³/mol. The van der Waals surface area contributed by atoms with Crippen LogP contribution in [0.3, 0.4) is 0 Å². The monoisotopic (exact) mass is 369 g/mol. The molecule has 0 unspecified atom stereocenters. The first-order chi connectivity index (χ1) is 13.0. The van der Waals surface area contributed by atoms with E-state index in [0.717, 1.165) is 11.3 Å². The summed E-state index contributed by atoms with van der Waals surface area (Å²) in [5, 5.41) is 2.87. The van der Waals surface area contributed by atoms with Gasteiger partial charge >= 0.3 is 0 Å². The van der Waals surface area contributed by atoms with Gasteiger partial charge in [0.1, 0.15) is 11.8 Å². The number of carbonyl (C=O) groups excluding carboxylic acids is 2. The van der Waals surface area contributed by atoms with Gasteiger partial charge in [-0.1, -0.05) is 37.3 Å². The first-order valence-electron chi connectivity index (χ1n) is 8.90. The van der Waals surface area contributed by atoms with Crippen molar-refractivity contribution in [3.05, 3.63) is 60.2 Å². The van der Waals surface area contributed by atoms with Crippen LogP contribution in [0.15, 0.2) is 54.6 Å². The summed E-state index contributed by atoms with van der Waals surface area (Å²) < 4.78 is 5.12. The summed E-state index contributed by atoms with van der Waals surface area (Å²) in [6, 6.07) is 16.2. The number of carbonyl (C=O) groups is 2. The van der Waals surface area contributed by atoms with E-state index < -0.39 is 6.04 Å². The average Bonchev–Trinajstić information content (AvgIpc) is 2.68. The van der Waals surface area contributed by atoms with E-state index in [9.17, 15) is 9.59 Å². The van der Waals surface area contributed by atoms with Gasteiger partial charge in [-0.3, -0.25) is 14.5 Å². The van der Waals surface area contributed by atoms with Gasteiger partial charge in [0.05, 0.1) is 13.7 Å². The van der Waals surface area contributed by atoms with E-state index in [4.69, 9.17) is 4.74 Å². The molecule has 0 aliphatic rings. The summed E-state index contributed by atoms with van der Waals surface area (Å²) in [7, 11) is 5.05. The van der Waals surface area contributed by atoms with Crippen molar-refractivity contribution < 1.29 is 14.3 Å². The Morgan fingerprint density at radius 1 is 1.04 bits per heavy atom. The lowest BCUT2D eigenvalue weighted by molar-refractivity contribution is -0.135. The fourth-order valence-corrected chi connectivity index (χ4v) is 2.83. The van der Waals surface area contributed by atoms with Gasteiger partial charge in [0.2, 0.25) is 11.8 Å². The summed E-state index contributed by atoms with van der Waals surface area (Å²) in [5.74, 6) is 0.499. The van der Waals surface area contributed by atoms with Crippen LogP contribution in [-0.2, 0) is 9.59 Å². The van der Waals surface area contributed by atoms with E-state index in [2.05, 4.69) is 5.32 Å². The molecule has 1 N–H and O–H groups in total. The first kappa shape index (κ1) is 20.5. The zero-order valence-electron chi connectivity index (χ0n) is 16.3. The van der Waals surface area contributed by atoms with Crippen molar-refractivity contribution in [2.24, 2.45) is 0 Å². The SMILES string of the molecule is CCN(CC(=O)Nc1ccc(OC)cc1)[C@@H](C(=O)N(C)C)c1ccccc1. The molecule has 2 aromatic rings. The van der Waals surface area contributed by atoms with Crippen LogP contribution in [0.2, 0.25) is 0 Å². The number of anilines is 1. The number of ether oxygens (including phenoxy) is 1. The lowest BCUT2D eigenvalue weighted by atomic mass is 10.0. The minimum absolute atomic E-state index is 0.0553. The van der Waals surface area contributed by atoms with Gasteiger partial charge in [0.25, 0.3) is 0 Å². The molecule has 0 aliphatic heterocycles. The zero-order valence-corrected chi connectivity index (χ0v) is 16.3. The molecule has 144 valence electrons. The lowest BCUT2D eigenvalue weighted by Crippen LogP contribution is -2.43. The number of benzene rings is 2. The molecular formula is C21H27N3O3. The summed E-state index contributed by atoms with van der Waals surface area (Å²) in [4.78, 5) is 28.8. The molecule has 1 atom stereocenters. The van der Waals surface area contributed by atoms with Crippen molar-refractivity contribution in [3.8, 4) is 5.75 Å². The molecule has 2 rings (SSSR count). The summed E-state index contributed by atoms with van der Waals surface area (Å²) in [5.41, 5.74) is 1.56. The van der Waals surface area contributed by atoms with E-state index in [1.54, 1.807) is 50.4 Å². The third-order valence-electron chi connectivity index (χ3n) is 4.28. The van der Waals surface area contributed by atoms with E-state index in [1.807, 2.05) is 42.2 Å². The zero-order chi connectivity index (χ0) is 19.8. The van der Waals surface area contributed by atoms with Crippen LogP contribution in [0, 0.1) is 0 Å². The Bertz CT molecular complexity index is 745. The molecular weight excluding hydrogens is 342 g/mol. The van der Waals surface area contributed by atoms with Crippen molar-refractivity contribution in [1.82, 2.24) is 9.80 Å². The maximum atomic E-state index is 12.8. The predicted octanol–water partition coefficient (Wildman–Crippen LogP) is 2.79. The molecule has 0 heterocycles. The topological polar surface area (TPSA) is 61.9 Å². The standard InChI is InChI=1S/C21H27N3O3/c1-5-24(15-19(25)22-17-11-13-18(27-4)14-12-17)20(21(26)23(2)3)16-9-7-6-8-10-16/h6-14,20H,5,15H2,1-4H3,(H,22,25)/t20-/m1/s1. The average molecular weight is 369 g/mol. The smallest absolute Gasteiger partial charge is 0.244 e. The van der Waals surface area contributed by atoms with Gasteiger partial charge in [0.15, 0.2) is 0 Å². The molecule has 2 aromatic carbocycles. The summed E-state index contributed by atoms with van der Waals surface area (Å²) in [6.07, 6.45) is 0. The van der Waals surface area contributed by atoms with Crippen LogP contribution in [0.1, 0.15) is 18.5 Å². The van der Waals surface area contributed by atoms with Crippen LogP contribution < -0.4 is 10.1 Å². The Morgan fingerprint density at radius 3 is 2.19 bits per heavy atom. The Kier molecular flexibility index (Phi) is 7.37. The number of likely N-dealkylation sites (N-methyl/N-ethyl adjacent to an activating group) is 2. The summed E-state index contributed by atoms with van der Waals surface area (Å²) in [6.45, 7) is 2.62. The second kappa shape index (κ2) is 9.73. The fourth-order valence-electron chi connectivity index (χ4n) is 2.83. The Labute approximate surface area is 160 Å². The number of nitrogens with one attached hydrogen (secondary N) is 1. The number of hydrogen-bond donors (Lipinski definition) is 1. The molecule has 6 nitrogen and oxygen atoms in total. The molecule has 6 heteroatoms. The molecule has 0 fully saturated rings. The molecule has 0 saturated carbocycles. The van der Waals surface area contributed by atoms with Crippen molar-refractivity contribution in [3.63, 3.8) is 0 Å². The molecule has 0 radical (unpaired) electrons. The maximum Gasteiger partial charge on any atom is 0.244 e. The number of hydrogen-bond acceptors (Lipinski definition) is 4. The number of methoxy groups -OCH3 is 1. The second-order valence-corrected chi connectivity index (χ2v) is 6.39. The molecule has 27 heavy (non-hydrogen) atoms. The highest BCUT2D eigenvalue weighted by Crippen LogP contribution is 2.23. The Balaban J connectivity index is 2.15. The highest BCUT2D eigenvalue weighted by Gasteiger charge is 2.29. The Morgan fingerprint density at radius 2 is 1.67 bits per heavy atom. The van der Waals surface area contributed by atoms with Gasteiger partial charge in [0, 0.05) is 19.8 Å². The Hall–Kier alpha value is -2.86. The molecule has 0 aliphatic carbocycles. The van der Waals surface area contributed by atoms with E-state index >= 15 is 0 Å². The molecule has 2 amide bonds. The fraction of sp³-hybridized carbons (Fsp3) is 0.333. The van der Waals surface area contributed by atoms with E-state index in [1.165, 1.54) is 0 Å². The highest BCUT2D eigenvalue weighted by atomic mass is 16.5. The van der Waals surface area contributed by atoms with Gasteiger partial charge in [-0.15, -0.1) is 0 Å². The summed E-state index contributed by atoms with van der Waals surface area (Å²) >= 11 is 0. The lowest BCUT2D eigenvalue weighted by Gasteiger charge is -2.31.